The maximum atomic E-state index is 12.5. The minimum atomic E-state index is -1.11. The van der Waals surface area contributed by atoms with Crippen LogP contribution in [0.25, 0.3) is 0 Å². The van der Waals surface area contributed by atoms with Gasteiger partial charge in [0.1, 0.15) is 6.04 Å². The molecular formula is C15H18N2O4S. The molecule has 7 heteroatoms. The lowest BCUT2D eigenvalue weighted by Crippen LogP contribution is -2.35. The second-order valence-corrected chi connectivity index (χ2v) is 6.26. The van der Waals surface area contributed by atoms with Gasteiger partial charge in [-0.3, -0.25) is 14.4 Å². The third-order valence-electron chi connectivity index (χ3n) is 3.51. The van der Waals surface area contributed by atoms with Crippen LogP contribution >= 0.6 is 11.8 Å². The second kappa shape index (κ2) is 6.93. The molecule has 1 aliphatic rings. The van der Waals surface area contributed by atoms with Gasteiger partial charge in [-0.25, -0.2) is 4.90 Å². The molecule has 2 amide bonds. The fourth-order valence-electron chi connectivity index (χ4n) is 2.31. The minimum Gasteiger partial charge on any atom is -0.480 e. The van der Waals surface area contributed by atoms with Crippen molar-refractivity contribution in [3.63, 3.8) is 0 Å². The monoisotopic (exact) mass is 322 g/mol. The molecule has 1 heterocycles. The van der Waals surface area contributed by atoms with Crippen LogP contribution in [-0.2, 0) is 20.8 Å². The number of imide groups is 1. The third kappa shape index (κ3) is 3.31. The number of carboxylic acids is 1. The van der Waals surface area contributed by atoms with Crippen molar-refractivity contribution in [2.75, 3.05) is 10.7 Å². The molecule has 6 nitrogen and oxygen atoms in total. The molecule has 0 radical (unpaired) electrons. The number of amides is 2. The van der Waals surface area contributed by atoms with Gasteiger partial charge in [-0.1, -0.05) is 25.1 Å². The van der Waals surface area contributed by atoms with Crippen LogP contribution in [0.15, 0.2) is 24.3 Å². The van der Waals surface area contributed by atoms with Crippen LogP contribution in [0.1, 0.15) is 18.9 Å². The maximum Gasteiger partial charge on any atom is 0.321 e. The van der Waals surface area contributed by atoms with Crippen LogP contribution in [-0.4, -0.2) is 39.9 Å². The van der Waals surface area contributed by atoms with Crippen LogP contribution in [0.3, 0.4) is 0 Å². The summed E-state index contributed by atoms with van der Waals surface area (Å²) in [5.74, 6) is -1.57. The first-order chi connectivity index (χ1) is 10.5. The largest absolute Gasteiger partial charge is 0.480 e. The van der Waals surface area contributed by atoms with E-state index in [1.54, 1.807) is 12.1 Å². The van der Waals surface area contributed by atoms with E-state index in [-0.39, 0.29) is 24.0 Å². The van der Waals surface area contributed by atoms with E-state index in [0.29, 0.717) is 5.69 Å². The van der Waals surface area contributed by atoms with Gasteiger partial charge in [-0.15, -0.1) is 11.8 Å². The number of aliphatic carboxylic acids is 1. The number of nitrogens with zero attached hydrogens (tertiary/aromatic N) is 1. The fraction of sp³-hybridized carbons (Fsp3) is 0.400. The van der Waals surface area contributed by atoms with E-state index in [1.807, 2.05) is 19.1 Å². The molecule has 0 bridgehead atoms. The number of aryl methyl sites for hydroxylation is 1. The molecule has 0 aliphatic carbocycles. The lowest BCUT2D eigenvalue weighted by Gasteiger charge is -2.18. The van der Waals surface area contributed by atoms with E-state index in [9.17, 15) is 14.4 Å². The molecule has 1 aromatic carbocycles. The number of benzene rings is 1. The zero-order valence-corrected chi connectivity index (χ0v) is 13.0. The van der Waals surface area contributed by atoms with Gasteiger partial charge >= 0.3 is 5.97 Å². The fourth-order valence-corrected chi connectivity index (χ4v) is 3.40. The van der Waals surface area contributed by atoms with Gasteiger partial charge in [-0.05, 0) is 18.1 Å². The van der Waals surface area contributed by atoms with Crippen LogP contribution in [0, 0.1) is 0 Å². The molecule has 118 valence electrons. The predicted molar refractivity (Wildman–Crippen MR) is 84.8 cm³/mol. The average Bonchev–Trinajstić information content (AvgIpc) is 2.78. The molecule has 2 atom stereocenters. The topological polar surface area (TPSA) is 101 Å². The van der Waals surface area contributed by atoms with Gasteiger partial charge in [0.2, 0.25) is 11.8 Å². The number of rotatable bonds is 6. The zero-order valence-electron chi connectivity index (χ0n) is 12.2. The van der Waals surface area contributed by atoms with E-state index < -0.39 is 17.3 Å². The highest BCUT2D eigenvalue weighted by Gasteiger charge is 2.40. The molecular weight excluding hydrogens is 304 g/mol. The lowest BCUT2D eigenvalue weighted by atomic mass is 10.1. The number of carbonyl (C=O) groups excluding carboxylic acids is 2. The van der Waals surface area contributed by atoms with Crippen molar-refractivity contribution >= 4 is 35.2 Å². The first kappa shape index (κ1) is 16.5. The van der Waals surface area contributed by atoms with Crippen molar-refractivity contribution in [1.82, 2.24) is 0 Å². The Labute approximate surface area is 132 Å². The SMILES string of the molecule is CCc1ccccc1N1C(=O)C[C@@H](SC[C@H](N)C(=O)O)C1=O. The summed E-state index contributed by atoms with van der Waals surface area (Å²) in [6.45, 7) is 1.96. The molecule has 1 aromatic rings. The Morgan fingerprint density at radius 2 is 2.14 bits per heavy atom. The van der Waals surface area contributed by atoms with Crippen molar-refractivity contribution in [3.05, 3.63) is 29.8 Å². The number of anilines is 1. The molecule has 1 fully saturated rings. The van der Waals surface area contributed by atoms with E-state index >= 15 is 0 Å². The summed E-state index contributed by atoms with van der Waals surface area (Å²) in [5.41, 5.74) is 6.98. The second-order valence-electron chi connectivity index (χ2n) is 5.02. The Kier molecular flexibility index (Phi) is 5.20. The van der Waals surface area contributed by atoms with Crippen LogP contribution in [0.5, 0.6) is 0 Å². The van der Waals surface area contributed by atoms with Crippen molar-refractivity contribution < 1.29 is 19.5 Å². The highest BCUT2D eigenvalue weighted by Crippen LogP contribution is 2.32. The van der Waals surface area contributed by atoms with E-state index in [1.165, 1.54) is 4.90 Å². The number of hydrogen-bond donors (Lipinski definition) is 2. The van der Waals surface area contributed by atoms with Gasteiger partial charge in [0.15, 0.2) is 0 Å². The summed E-state index contributed by atoms with van der Waals surface area (Å²) in [6, 6.07) is 6.26. The number of nitrogens with two attached hydrogens (primary N) is 1. The molecule has 1 saturated heterocycles. The van der Waals surface area contributed by atoms with Crippen LogP contribution in [0.2, 0.25) is 0 Å². The molecule has 3 N–H and O–H groups in total. The quantitative estimate of drug-likeness (QED) is 0.759. The van der Waals surface area contributed by atoms with Crippen LogP contribution < -0.4 is 10.6 Å². The van der Waals surface area contributed by atoms with Crippen molar-refractivity contribution in [3.8, 4) is 0 Å². The lowest BCUT2D eigenvalue weighted by molar-refractivity contribution is -0.138. The van der Waals surface area contributed by atoms with Gasteiger partial charge in [0, 0.05) is 12.2 Å². The summed E-state index contributed by atoms with van der Waals surface area (Å²) in [6.07, 6.45) is 0.794. The normalized spacial score (nSPS) is 19.5. The molecule has 0 aromatic heterocycles. The summed E-state index contributed by atoms with van der Waals surface area (Å²) < 4.78 is 0. The van der Waals surface area contributed by atoms with Gasteiger partial charge in [0.25, 0.3) is 0 Å². The van der Waals surface area contributed by atoms with Crippen molar-refractivity contribution in [2.24, 2.45) is 5.73 Å². The summed E-state index contributed by atoms with van der Waals surface area (Å²) >= 11 is 1.13. The van der Waals surface area contributed by atoms with E-state index in [4.69, 9.17) is 10.8 Å². The Morgan fingerprint density at radius 1 is 1.45 bits per heavy atom. The molecule has 0 saturated carbocycles. The van der Waals surface area contributed by atoms with Crippen molar-refractivity contribution in [1.29, 1.82) is 0 Å². The Hall–Kier alpha value is -1.86. The highest BCUT2D eigenvalue weighted by atomic mass is 32.2. The van der Waals surface area contributed by atoms with Gasteiger partial charge in [0.05, 0.1) is 10.9 Å². The Balaban J connectivity index is 2.14. The van der Waals surface area contributed by atoms with Gasteiger partial charge in [-0.2, -0.15) is 0 Å². The molecule has 22 heavy (non-hydrogen) atoms. The van der Waals surface area contributed by atoms with Crippen LogP contribution in [0.4, 0.5) is 5.69 Å². The molecule has 2 rings (SSSR count). The first-order valence-electron chi connectivity index (χ1n) is 7.00. The highest BCUT2D eigenvalue weighted by molar-refractivity contribution is 8.00. The number of thioether (sulfide) groups is 1. The Bertz CT molecular complexity index is 605. The smallest absolute Gasteiger partial charge is 0.321 e. The number of para-hydroxylation sites is 1. The molecule has 0 unspecified atom stereocenters. The predicted octanol–water partition coefficient (Wildman–Crippen LogP) is 1.03. The number of carboxylic acid groups (broad SMARTS) is 1. The third-order valence-corrected chi connectivity index (χ3v) is 4.84. The molecule has 0 spiro atoms. The maximum absolute atomic E-state index is 12.5. The van der Waals surface area contributed by atoms with Crippen molar-refractivity contribution in [2.45, 2.75) is 31.1 Å². The summed E-state index contributed by atoms with van der Waals surface area (Å²) in [7, 11) is 0. The number of carbonyl (C=O) groups is 3. The van der Waals surface area contributed by atoms with E-state index in [2.05, 4.69) is 0 Å². The standard InChI is InChI=1S/C15H18N2O4S/c1-2-9-5-3-4-6-11(9)17-13(18)7-12(14(17)19)22-8-10(16)15(20)21/h3-6,10,12H,2,7-8,16H2,1H3,(H,20,21)/t10-,12+/m0/s1. The van der Waals surface area contributed by atoms with Gasteiger partial charge < -0.3 is 10.8 Å². The summed E-state index contributed by atoms with van der Waals surface area (Å²) in [4.78, 5) is 36.6. The molecule has 1 aliphatic heterocycles. The zero-order chi connectivity index (χ0) is 16.3. The number of hydrogen-bond acceptors (Lipinski definition) is 5. The first-order valence-corrected chi connectivity index (χ1v) is 8.05. The van der Waals surface area contributed by atoms with E-state index in [0.717, 1.165) is 23.7 Å². The minimum absolute atomic E-state index is 0.0773. The average molecular weight is 322 g/mol. The summed E-state index contributed by atoms with van der Waals surface area (Å²) in [5, 5.41) is 8.20. The Morgan fingerprint density at radius 3 is 2.77 bits per heavy atom.